The number of thiazole rings is 1. The number of hydrogen-bond donors (Lipinski definition) is 1. The summed E-state index contributed by atoms with van der Waals surface area (Å²) < 4.78 is 0. The second-order valence-corrected chi connectivity index (χ2v) is 5.56. The van der Waals surface area contributed by atoms with E-state index >= 15 is 0 Å². The standard InChI is InChI=1S/C13H15N3S/c14-9(10-4-1-2-7-15-10)8-13-16-11-5-3-6-12(11)17-13/h1-2,4,7,9H,3,5-6,8,14H2. The van der Waals surface area contributed by atoms with Crippen LogP contribution < -0.4 is 5.73 Å². The molecule has 1 aliphatic carbocycles. The molecule has 0 amide bonds. The first-order valence-corrected chi connectivity index (χ1v) is 6.78. The average Bonchev–Trinajstić information content (AvgIpc) is 2.90. The quantitative estimate of drug-likeness (QED) is 0.902. The van der Waals surface area contributed by atoms with Crippen molar-refractivity contribution in [2.75, 3.05) is 0 Å². The van der Waals surface area contributed by atoms with Gasteiger partial charge in [-0.3, -0.25) is 4.98 Å². The number of fused-ring (bicyclic) bond motifs is 1. The Kier molecular flexibility index (Phi) is 2.91. The summed E-state index contributed by atoms with van der Waals surface area (Å²) in [4.78, 5) is 10.4. The molecule has 88 valence electrons. The van der Waals surface area contributed by atoms with Gasteiger partial charge in [-0.15, -0.1) is 11.3 Å². The first kappa shape index (κ1) is 10.9. The molecule has 1 aliphatic rings. The number of nitrogens with two attached hydrogens (primary N) is 1. The van der Waals surface area contributed by atoms with Crippen LogP contribution in [0.15, 0.2) is 24.4 Å². The highest BCUT2D eigenvalue weighted by molar-refractivity contribution is 7.11. The van der Waals surface area contributed by atoms with Crippen LogP contribution in [0.1, 0.15) is 33.7 Å². The van der Waals surface area contributed by atoms with Crippen LogP contribution in [0.3, 0.4) is 0 Å². The second kappa shape index (κ2) is 4.55. The summed E-state index contributed by atoms with van der Waals surface area (Å²) in [7, 11) is 0. The highest BCUT2D eigenvalue weighted by Crippen LogP contribution is 2.29. The fourth-order valence-corrected chi connectivity index (χ4v) is 3.43. The van der Waals surface area contributed by atoms with Gasteiger partial charge in [0.2, 0.25) is 0 Å². The van der Waals surface area contributed by atoms with Gasteiger partial charge in [-0.05, 0) is 31.4 Å². The van der Waals surface area contributed by atoms with Gasteiger partial charge in [0.1, 0.15) is 0 Å². The highest BCUT2D eigenvalue weighted by Gasteiger charge is 2.18. The predicted molar refractivity (Wildman–Crippen MR) is 69.0 cm³/mol. The number of rotatable bonds is 3. The summed E-state index contributed by atoms with van der Waals surface area (Å²) in [6, 6.07) is 5.83. The highest BCUT2D eigenvalue weighted by atomic mass is 32.1. The van der Waals surface area contributed by atoms with Crippen molar-refractivity contribution in [1.82, 2.24) is 9.97 Å². The van der Waals surface area contributed by atoms with Crippen molar-refractivity contribution in [3.05, 3.63) is 45.7 Å². The maximum atomic E-state index is 6.15. The molecule has 1 unspecified atom stereocenters. The molecule has 0 fully saturated rings. The lowest BCUT2D eigenvalue weighted by atomic mass is 10.1. The lowest BCUT2D eigenvalue weighted by Crippen LogP contribution is -2.14. The minimum Gasteiger partial charge on any atom is -0.322 e. The molecular weight excluding hydrogens is 230 g/mol. The molecule has 0 radical (unpaired) electrons. The van der Waals surface area contributed by atoms with Crippen LogP contribution in [-0.2, 0) is 19.3 Å². The molecule has 0 spiro atoms. The Morgan fingerprint density at radius 2 is 2.29 bits per heavy atom. The van der Waals surface area contributed by atoms with Gasteiger partial charge in [0.25, 0.3) is 0 Å². The Morgan fingerprint density at radius 3 is 3.06 bits per heavy atom. The maximum Gasteiger partial charge on any atom is 0.0950 e. The van der Waals surface area contributed by atoms with Gasteiger partial charge in [0.15, 0.2) is 0 Å². The third-order valence-electron chi connectivity index (χ3n) is 3.10. The van der Waals surface area contributed by atoms with Crippen molar-refractivity contribution in [3.8, 4) is 0 Å². The summed E-state index contributed by atoms with van der Waals surface area (Å²) >= 11 is 1.83. The Balaban J connectivity index is 1.74. The predicted octanol–water partition coefficient (Wildman–Crippen LogP) is 2.27. The van der Waals surface area contributed by atoms with Crippen molar-refractivity contribution in [2.45, 2.75) is 31.7 Å². The van der Waals surface area contributed by atoms with E-state index in [4.69, 9.17) is 5.73 Å². The lowest BCUT2D eigenvalue weighted by molar-refractivity contribution is 0.691. The van der Waals surface area contributed by atoms with E-state index in [9.17, 15) is 0 Å². The zero-order chi connectivity index (χ0) is 11.7. The summed E-state index contributed by atoms with van der Waals surface area (Å²) in [5, 5.41) is 1.16. The maximum absolute atomic E-state index is 6.15. The monoisotopic (exact) mass is 245 g/mol. The molecule has 0 saturated heterocycles. The summed E-state index contributed by atoms with van der Waals surface area (Å²) in [6.45, 7) is 0. The zero-order valence-electron chi connectivity index (χ0n) is 9.60. The number of aryl methyl sites for hydroxylation is 2. The molecule has 1 atom stereocenters. The Hall–Kier alpha value is -1.26. The van der Waals surface area contributed by atoms with Gasteiger partial charge in [0.05, 0.1) is 22.4 Å². The van der Waals surface area contributed by atoms with Gasteiger partial charge < -0.3 is 5.73 Å². The Bertz CT molecular complexity index is 485. The third kappa shape index (κ3) is 2.23. The minimum absolute atomic E-state index is 0.0394. The molecule has 2 heterocycles. The van der Waals surface area contributed by atoms with E-state index in [1.165, 1.54) is 23.4 Å². The van der Waals surface area contributed by atoms with Gasteiger partial charge in [-0.2, -0.15) is 0 Å². The van der Waals surface area contributed by atoms with Crippen LogP contribution >= 0.6 is 11.3 Å². The van der Waals surface area contributed by atoms with Crippen molar-refractivity contribution < 1.29 is 0 Å². The fourth-order valence-electron chi connectivity index (χ4n) is 2.22. The normalized spacial score (nSPS) is 15.8. The van der Waals surface area contributed by atoms with Crippen LogP contribution in [0.5, 0.6) is 0 Å². The summed E-state index contributed by atoms with van der Waals surface area (Å²) in [6.07, 6.45) is 6.20. The van der Waals surface area contributed by atoms with Gasteiger partial charge in [-0.1, -0.05) is 6.07 Å². The van der Waals surface area contributed by atoms with E-state index in [2.05, 4.69) is 9.97 Å². The van der Waals surface area contributed by atoms with Gasteiger partial charge in [0, 0.05) is 17.5 Å². The Morgan fingerprint density at radius 1 is 1.35 bits per heavy atom. The van der Waals surface area contributed by atoms with Crippen LogP contribution in [-0.4, -0.2) is 9.97 Å². The molecule has 2 aromatic heterocycles. The largest absolute Gasteiger partial charge is 0.322 e. The average molecular weight is 245 g/mol. The van der Waals surface area contributed by atoms with Crippen LogP contribution in [0, 0.1) is 0 Å². The van der Waals surface area contributed by atoms with Gasteiger partial charge in [-0.25, -0.2) is 4.98 Å². The van der Waals surface area contributed by atoms with Crippen LogP contribution in [0.4, 0.5) is 0 Å². The molecule has 0 aromatic carbocycles. The number of nitrogens with zero attached hydrogens (tertiary/aromatic N) is 2. The molecular formula is C13H15N3S. The minimum atomic E-state index is -0.0394. The number of aromatic nitrogens is 2. The second-order valence-electron chi connectivity index (χ2n) is 4.40. The SMILES string of the molecule is NC(Cc1nc2c(s1)CCC2)c1ccccn1. The van der Waals surface area contributed by atoms with E-state index in [1.54, 1.807) is 6.20 Å². The van der Waals surface area contributed by atoms with Crippen molar-refractivity contribution >= 4 is 11.3 Å². The molecule has 17 heavy (non-hydrogen) atoms. The van der Waals surface area contributed by atoms with E-state index in [1.807, 2.05) is 29.5 Å². The van der Waals surface area contributed by atoms with Crippen molar-refractivity contribution in [2.24, 2.45) is 5.73 Å². The molecule has 0 bridgehead atoms. The van der Waals surface area contributed by atoms with Crippen LogP contribution in [0.2, 0.25) is 0 Å². The van der Waals surface area contributed by atoms with Crippen molar-refractivity contribution in [1.29, 1.82) is 0 Å². The lowest BCUT2D eigenvalue weighted by Gasteiger charge is -2.08. The molecule has 3 nitrogen and oxygen atoms in total. The Labute approximate surface area is 105 Å². The van der Waals surface area contributed by atoms with E-state index in [0.29, 0.717) is 0 Å². The summed E-state index contributed by atoms with van der Waals surface area (Å²) in [5.41, 5.74) is 8.40. The smallest absolute Gasteiger partial charge is 0.0950 e. The number of hydrogen-bond acceptors (Lipinski definition) is 4. The molecule has 0 aliphatic heterocycles. The van der Waals surface area contributed by atoms with Crippen LogP contribution in [0.25, 0.3) is 0 Å². The molecule has 3 rings (SSSR count). The van der Waals surface area contributed by atoms with Gasteiger partial charge >= 0.3 is 0 Å². The zero-order valence-corrected chi connectivity index (χ0v) is 10.4. The van der Waals surface area contributed by atoms with Crippen molar-refractivity contribution in [3.63, 3.8) is 0 Å². The van der Waals surface area contributed by atoms with E-state index in [-0.39, 0.29) is 6.04 Å². The van der Waals surface area contributed by atoms with E-state index < -0.39 is 0 Å². The molecule has 4 heteroatoms. The fraction of sp³-hybridized carbons (Fsp3) is 0.385. The molecule has 2 aromatic rings. The first-order chi connectivity index (χ1) is 8.33. The topological polar surface area (TPSA) is 51.8 Å². The molecule has 0 saturated carbocycles. The third-order valence-corrected chi connectivity index (χ3v) is 4.28. The van der Waals surface area contributed by atoms with E-state index in [0.717, 1.165) is 23.5 Å². The number of pyridine rings is 1. The summed E-state index contributed by atoms with van der Waals surface area (Å²) in [5.74, 6) is 0. The molecule has 2 N–H and O–H groups in total. The first-order valence-electron chi connectivity index (χ1n) is 5.97.